The van der Waals surface area contributed by atoms with Crippen molar-refractivity contribution in [2.24, 2.45) is 20.5 Å². The third kappa shape index (κ3) is 20.7. The molecule has 0 aliphatic rings. The van der Waals surface area contributed by atoms with E-state index in [-0.39, 0.29) is 97.5 Å². The van der Waals surface area contributed by atoms with Gasteiger partial charge in [0.25, 0.3) is 30.4 Å². The van der Waals surface area contributed by atoms with Crippen LogP contribution in [0.1, 0.15) is 0 Å². The molecule has 96 heavy (non-hydrogen) atoms. The van der Waals surface area contributed by atoms with Gasteiger partial charge in [-0.3, -0.25) is 22.4 Å². The highest BCUT2D eigenvalue weighted by Gasteiger charge is 2.25. The van der Waals surface area contributed by atoms with Gasteiger partial charge in [0.05, 0.1) is 67.7 Å². The molecule has 0 radical (unpaired) electrons. The highest BCUT2D eigenvalue weighted by atomic mass is 35.5. The number of benzene rings is 6. The maximum absolute atomic E-state index is 12.9. The minimum absolute atomic E-state index is 0.0193. The molecule has 15 N–H and O–H groups in total. The number of hydrogen-bond acceptors (Lipinski definition) is 39. The summed E-state index contributed by atoms with van der Waals surface area (Å²) in [6, 6.07) is 22.4. The van der Waals surface area contributed by atoms with Gasteiger partial charge < -0.3 is 38.1 Å². The van der Waals surface area contributed by atoms with Crippen molar-refractivity contribution in [3.8, 4) is 0 Å². The van der Waals surface area contributed by atoms with E-state index in [1.165, 1.54) is 66.7 Å². The van der Waals surface area contributed by atoms with Gasteiger partial charge in [-0.05, 0) is 121 Å². The molecular formula is C46H42ClN17O24S8. The normalized spacial score (nSPS) is 12.5. The van der Waals surface area contributed by atoms with Crippen molar-refractivity contribution in [3.63, 3.8) is 0 Å². The Labute approximate surface area is 554 Å². The zero-order valence-corrected chi connectivity index (χ0v) is 54.4. The first kappa shape index (κ1) is 73.2. The Morgan fingerprint density at radius 2 is 0.917 bits per heavy atom. The molecule has 6 aromatic carbocycles. The van der Waals surface area contributed by atoms with Crippen LogP contribution in [0.25, 0.3) is 0 Å². The van der Waals surface area contributed by atoms with Crippen LogP contribution in [0.4, 0.5) is 92.3 Å². The lowest BCUT2D eigenvalue weighted by atomic mass is 10.2. The Balaban J connectivity index is 1.09. The van der Waals surface area contributed by atoms with Gasteiger partial charge in [-0.2, -0.15) is 63.6 Å². The van der Waals surface area contributed by atoms with E-state index in [2.05, 4.69) is 99.9 Å². The van der Waals surface area contributed by atoms with Crippen molar-refractivity contribution in [2.75, 3.05) is 62.8 Å². The van der Waals surface area contributed by atoms with E-state index in [9.17, 15) is 64.2 Å². The predicted octanol–water partition coefficient (Wildman–Crippen LogP) is 7.96. The molecule has 2 aromatic heterocycles. The molecule has 41 nitrogen and oxygen atoms in total. The van der Waals surface area contributed by atoms with Gasteiger partial charge >= 0.3 is 10.4 Å². The summed E-state index contributed by atoms with van der Waals surface area (Å²) < 4.78 is 204. The first-order chi connectivity index (χ1) is 45.2. The number of halogens is 1. The Bertz CT molecular complexity index is 5000. The summed E-state index contributed by atoms with van der Waals surface area (Å²) in [6.07, 6.45) is 0. The monoisotopic (exact) mass is 1510 g/mol. The summed E-state index contributed by atoms with van der Waals surface area (Å²) in [7, 11) is -28.0. The average molecular weight is 1510 g/mol. The SMILES string of the molecule is Nc1c(N=Nc2cc(Nc3nc(Cl)nc(Nc4ccc(S(=O)(=O)CCOS(=O)(=O)O)cc4)n3)ccc2S(=O)(=O)O)cc(S(=O)(=O)O)c(N)c1N=Nc1cc(Nc2nc(Nc3ccc(S(=O)(=O)CCOSOOO)cc3)nc(Nc3cccc(S(=O)(=O)O)c3)n2)ccc1SOOO. The maximum atomic E-state index is 12.9. The van der Waals surface area contributed by atoms with Crippen LogP contribution in [0, 0.1) is 0 Å². The second kappa shape index (κ2) is 31.0. The fourth-order valence-corrected chi connectivity index (χ4v) is 12.8. The molecule has 0 saturated heterocycles. The van der Waals surface area contributed by atoms with E-state index in [0.717, 1.165) is 42.5 Å². The largest absolute Gasteiger partial charge is 0.397 e. The van der Waals surface area contributed by atoms with E-state index in [1.54, 1.807) is 0 Å². The zero-order chi connectivity index (χ0) is 69.8. The van der Waals surface area contributed by atoms with Crippen LogP contribution in [0.5, 0.6) is 0 Å². The number of anilines is 12. The highest BCUT2D eigenvalue weighted by Crippen LogP contribution is 2.45. The van der Waals surface area contributed by atoms with Crippen molar-refractivity contribution in [1.82, 2.24) is 29.9 Å². The Hall–Kier alpha value is -8.65. The number of nitrogens with two attached hydrogens (primary N) is 2. The molecule has 510 valence electrons. The Kier molecular flexibility index (Phi) is 23.7. The predicted molar refractivity (Wildman–Crippen MR) is 337 cm³/mol. The molecule has 8 rings (SSSR count). The lowest BCUT2D eigenvalue weighted by Crippen LogP contribution is -2.15. The third-order valence-electron chi connectivity index (χ3n) is 11.7. The van der Waals surface area contributed by atoms with Gasteiger partial charge in [-0.25, -0.2) is 31.5 Å². The smallest absolute Gasteiger partial charge is 0.396 e. The second-order valence-corrected chi connectivity index (χ2v) is 29.3. The minimum Gasteiger partial charge on any atom is -0.396 e. The number of azo groups is 2. The maximum Gasteiger partial charge on any atom is 0.397 e. The number of hydrogen-bond donors (Lipinski definition) is 13. The summed E-state index contributed by atoms with van der Waals surface area (Å²) in [6.45, 7) is -1.23. The highest BCUT2D eigenvalue weighted by molar-refractivity contribution is 7.94. The molecule has 0 fully saturated rings. The van der Waals surface area contributed by atoms with E-state index in [1.807, 2.05) is 0 Å². The minimum atomic E-state index is -5.31. The molecule has 2 heterocycles. The lowest BCUT2D eigenvalue weighted by molar-refractivity contribution is -0.434. The van der Waals surface area contributed by atoms with E-state index in [0.29, 0.717) is 18.1 Å². The Morgan fingerprint density at radius 1 is 0.458 bits per heavy atom. The van der Waals surface area contributed by atoms with Gasteiger partial charge in [0.2, 0.25) is 35.0 Å². The van der Waals surface area contributed by atoms with Gasteiger partial charge in [0, 0.05) is 28.4 Å². The van der Waals surface area contributed by atoms with E-state index in [4.69, 9.17) is 42.3 Å². The summed E-state index contributed by atoms with van der Waals surface area (Å²) >= 11 is 6.71. The van der Waals surface area contributed by atoms with Crippen LogP contribution in [0.2, 0.25) is 5.28 Å². The van der Waals surface area contributed by atoms with Gasteiger partial charge in [-0.15, -0.1) is 29.1 Å². The zero-order valence-electron chi connectivity index (χ0n) is 47.1. The van der Waals surface area contributed by atoms with Crippen LogP contribution < -0.4 is 38.1 Å². The fraction of sp³-hybridized carbons (Fsp3) is 0.0870. The molecule has 0 saturated carbocycles. The van der Waals surface area contributed by atoms with Gasteiger partial charge in [0.1, 0.15) is 32.5 Å². The number of rotatable bonds is 32. The molecule has 0 atom stereocenters. The summed E-state index contributed by atoms with van der Waals surface area (Å²) in [5.41, 5.74) is 9.37. The van der Waals surface area contributed by atoms with Gasteiger partial charge in [-0.1, -0.05) is 16.1 Å². The van der Waals surface area contributed by atoms with E-state index >= 15 is 0 Å². The van der Waals surface area contributed by atoms with Crippen molar-refractivity contribution >= 4 is 189 Å². The second-order valence-electron chi connectivity index (χ2n) is 18.2. The number of nitrogen functional groups attached to an aromatic ring is 2. The van der Waals surface area contributed by atoms with Crippen molar-refractivity contribution < 1.29 is 106 Å². The molecular weight excluding hydrogens is 1470 g/mol. The quantitative estimate of drug-likeness (QED) is 0.00361. The molecule has 0 amide bonds. The average Bonchev–Trinajstić information content (AvgIpc) is 0.785. The molecule has 0 aliphatic carbocycles. The van der Waals surface area contributed by atoms with E-state index < -0.39 is 127 Å². The van der Waals surface area contributed by atoms with Gasteiger partial charge in [0.15, 0.2) is 32.0 Å². The van der Waals surface area contributed by atoms with Crippen molar-refractivity contribution in [3.05, 3.63) is 121 Å². The van der Waals surface area contributed by atoms with Crippen LogP contribution in [0.3, 0.4) is 0 Å². The van der Waals surface area contributed by atoms with Crippen LogP contribution in [0.15, 0.2) is 165 Å². The summed E-state index contributed by atoms with van der Waals surface area (Å²) in [5, 5.41) is 54.0. The third-order valence-corrected chi connectivity index (χ3v) is 19.4. The molecule has 8 aromatic rings. The van der Waals surface area contributed by atoms with Crippen LogP contribution in [-0.4, -0.2) is 134 Å². The molecule has 50 heteroatoms. The van der Waals surface area contributed by atoms with Crippen LogP contribution in [-0.2, 0) is 87.5 Å². The Morgan fingerprint density at radius 3 is 1.43 bits per heavy atom. The number of aromatic nitrogens is 6. The topological polar surface area (TPSA) is 621 Å². The first-order valence-corrected chi connectivity index (χ1v) is 36.0. The molecule has 0 spiro atoms. The molecule has 0 unspecified atom stereocenters. The summed E-state index contributed by atoms with van der Waals surface area (Å²) in [4.78, 5) is 22.3. The standard InChI is InChI=1S/C46H42ClN17O24S8/c47-41-55-42(50-24-4-12-30(13-5-24)92(69,70)19-17-84-96(80,81)82)57-43(56-41)53-28-9-15-36(94(74,75)76)33(22-28)62-63-34-23-37(95(77,78)79)39(49)40(38(34)48)64-61-32-21-27(8-14-35(32)89-87-85-65)54-46-59-44(58-45(60-46)52-26-2-1-3-31(20-26)93(71,72)73)51-25-6-10-29(11-7-25)91(67,68)18-16-83-90-88-86-66/h1-15,20-23,65-66H,16-19,48-49H2,(H,71,72,73)(H,74,75,76)(H,77,78,79)(H,80,81,82)(H2,50,53,55,56,57)(H3,51,52,54,58,59,60). The summed E-state index contributed by atoms with van der Waals surface area (Å²) in [5.74, 6) is -2.63. The fourth-order valence-electron chi connectivity index (χ4n) is 7.54. The van der Waals surface area contributed by atoms with Crippen molar-refractivity contribution in [2.45, 2.75) is 29.4 Å². The van der Waals surface area contributed by atoms with Crippen LogP contribution >= 0.6 is 36.0 Å². The van der Waals surface area contributed by atoms with Crippen molar-refractivity contribution in [1.29, 1.82) is 0 Å². The molecule has 0 bridgehead atoms. The number of nitrogens with one attached hydrogen (secondary N) is 5. The number of nitrogens with zero attached hydrogens (tertiary/aromatic N) is 10. The lowest BCUT2D eigenvalue weighted by Gasteiger charge is -2.13. The first-order valence-electron chi connectivity index (χ1n) is 25.2. The molecule has 0 aliphatic heterocycles. The number of sulfone groups is 2.